The fourth-order valence-electron chi connectivity index (χ4n) is 2.81. The van der Waals surface area contributed by atoms with E-state index < -0.39 is 22.5 Å². The molecule has 0 unspecified atom stereocenters. The van der Waals surface area contributed by atoms with Crippen molar-refractivity contribution in [2.45, 2.75) is 6.92 Å². The van der Waals surface area contributed by atoms with E-state index in [1.54, 1.807) is 61.5 Å². The van der Waals surface area contributed by atoms with Crippen LogP contribution < -0.4 is 9.73 Å². The van der Waals surface area contributed by atoms with Crippen LogP contribution in [0.15, 0.2) is 64.1 Å². The summed E-state index contributed by atoms with van der Waals surface area (Å²) in [6, 6.07) is 15.3. The number of rotatable bonds is 7. The van der Waals surface area contributed by atoms with Crippen LogP contribution >= 0.6 is 23.2 Å². The van der Waals surface area contributed by atoms with Gasteiger partial charge in [-0.05, 0) is 48.9 Å². The third kappa shape index (κ3) is 5.88. The van der Waals surface area contributed by atoms with E-state index in [0.29, 0.717) is 32.8 Å². The van der Waals surface area contributed by atoms with E-state index in [4.69, 9.17) is 27.6 Å². The van der Waals surface area contributed by atoms with Crippen LogP contribution in [0.25, 0.3) is 11.3 Å². The van der Waals surface area contributed by atoms with Crippen molar-refractivity contribution >= 4 is 51.0 Å². The molecule has 1 amide bonds. The normalized spacial score (nSPS) is 11.6. The molecule has 0 aliphatic carbocycles. The molecular formula is C21H19Cl2N3O4S. The van der Waals surface area contributed by atoms with Crippen LogP contribution in [0.5, 0.6) is 0 Å². The van der Waals surface area contributed by atoms with E-state index in [2.05, 4.69) is 10.5 Å². The minimum absolute atomic E-state index is 0.375. The molecule has 1 N–H and O–H groups in total. The maximum Gasteiger partial charge on any atom is 0.260 e. The Labute approximate surface area is 190 Å². The van der Waals surface area contributed by atoms with Gasteiger partial charge in [-0.3, -0.25) is 9.10 Å². The van der Waals surface area contributed by atoms with Gasteiger partial charge >= 0.3 is 0 Å². The number of para-hydroxylation sites is 1. The molecule has 0 bridgehead atoms. The van der Waals surface area contributed by atoms with Gasteiger partial charge in [0.15, 0.2) is 0 Å². The second-order valence-electron chi connectivity index (χ2n) is 6.68. The van der Waals surface area contributed by atoms with Gasteiger partial charge in [0.1, 0.15) is 18.1 Å². The van der Waals surface area contributed by atoms with Gasteiger partial charge < -0.3 is 4.42 Å². The first-order valence-electron chi connectivity index (χ1n) is 9.05. The Balaban J connectivity index is 1.67. The number of anilines is 1. The average molecular weight is 480 g/mol. The number of amides is 1. The van der Waals surface area contributed by atoms with Crippen LogP contribution in [0.1, 0.15) is 11.3 Å². The molecule has 7 nitrogen and oxygen atoms in total. The zero-order chi connectivity index (χ0) is 22.6. The molecule has 0 saturated carbocycles. The van der Waals surface area contributed by atoms with Gasteiger partial charge in [-0.25, -0.2) is 13.8 Å². The third-order valence-corrected chi connectivity index (χ3v) is 5.95. The van der Waals surface area contributed by atoms with Gasteiger partial charge in [0, 0.05) is 10.6 Å². The number of hydrogen-bond acceptors (Lipinski definition) is 5. The van der Waals surface area contributed by atoms with E-state index in [-0.39, 0.29) is 0 Å². The first-order chi connectivity index (χ1) is 14.6. The second kappa shape index (κ2) is 9.55. The van der Waals surface area contributed by atoms with Crippen LogP contribution in [0.3, 0.4) is 0 Å². The molecule has 10 heteroatoms. The number of nitrogens with zero attached hydrogens (tertiary/aromatic N) is 2. The topological polar surface area (TPSA) is 92.0 Å². The second-order valence-corrected chi connectivity index (χ2v) is 9.43. The zero-order valence-corrected chi connectivity index (χ0v) is 19.0. The highest BCUT2D eigenvalue weighted by molar-refractivity contribution is 7.92. The predicted octanol–water partition coefficient (Wildman–Crippen LogP) is 4.48. The summed E-state index contributed by atoms with van der Waals surface area (Å²) in [5.74, 6) is 0.287. The summed E-state index contributed by atoms with van der Waals surface area (Å²) in [5, 5.41) is 4.80. The molecule has 0 aliphatic heterocycles. The van der Waals surface area contributed by atoms with Gasteiger partial charge in [0.2, 0.25) is 10.0 Å². The van der Waals surface area contributed by atoms with Gasteiger partial charge in [-0.2, -0.15) is 5.10 Å². The van der Waals surface area contributed by atoms with E-state index in [9.17, 15) is 13.2 Å². The number of furan rings is 1. The van der Waals surface area contributed by atoms with Crippen molar-refractivity contribution in [1.29, 1.82) is 0 Å². The Morgan fingerprint density at radius 2 is 1.90 bits per heavy atom. The van der Waals surface area contributed by atoms with Crippen LogP contribution in [0, 0.1) is 6.92 Å². The van der Waals surface area contributed by atoms with E-state index in [0.717, 1.165) is 16.1 Å². The zero-order valence-electron chi connectivity index (χ0n) is 16.7. The van der Waals surface area contributed by atoms with E-state index in [1.807, 2.05) is 0 Å². The molecule has 3 rings (SSSR count). The van der Waals surface area contributed by atoms with Crippen molar-refractivity contribution in [3.8, 4) is 11.3 Å². The first kappa shape index (κ1) is 22.9. The summed E-state index contributed by atoms with van der Waals surface area (Å²) in [5.41, 5.74) is 4.14. The molecule has 1 aromatic heterocycles. The van der Waals surface area contributed by atoms with Crippen LogP contribution in [0.2, 0.25) is 10.0 Å². The van der Waals surface area contributed by atoms with Crippen molar-refractivity contribution in [1.82, 2.24) is 5.43 Å². The lowest BCUT2D eigenvalue weighted by Gasteiger charge is -2.22. The number of halogens is 2. The molecule has 3 aromatic rings. The molecule has 0 spiro atoms. The summed E-state index contributed by atoms with van der Waals surface area (Å²) < 4.78 is 31.0. The number of sulfonamides is 1. The smallest absolute Gasteiger partial charge is 0.260 e. The Hall–Kier alpha value is -2.81. The summed E-state index contributed by atoms with van der Waals surface area (Å²) in [6.45, 7) is 1.36. The minimum Gasteiger partial charge on any atom is -0.455 e. The Bertz CT molecular complexity index is 1240. The monoisotopic (exact) mass is 479 g/mol. The molecule has 31 heavy (non-hydrogen) atoms. The van der Waals surface area contributed by atoms with Crippen molar-refractivity contribution in [3.63, 3.8) is 0 Å². The highest BCUT2D eigenvalue weighted by Gasteiger charge is 2.22. The highest BCUT2D eigenvalue weighted by atomic mass is 35.5. The third-order valence-electron chi connectivity index (χ3n) is 4.28. The molecule has 0 fully saturated rings. The first-order valence-corrected chi connectivity index (χ1v) is 11.7. The number of benzene rings is 2. The molecule has 162 valence electrons. The predicted molar refractivity (Wildman–Crippen MR) is 123 cm³/mol. The van der Waals surface area contributed by atoms with Crippen molar-refractivity contribution < 1.29 is 17.6 Å². The quantitative estimate of drug-likeness (QED) is 0.399. The molecular weight excluding hydrogens is 461 g/mol. The molecule has 0 radical (unpaired) electrons. The van der Waals surface area contributed by atoms with Gasteiger partial charge in [-0.1, -0.05) is 41.4 Å². The summed E-state index contributed by atoms with van der Waals surface area (Å²) >= 11 is 12.1. The average Bonchev–Trinajstić information content (AvgIpc) is 3.14. The van der Waals surface area contributed by atoms with Crippen molar-refractivity contribution in [3.05, 3.63) is 76.0 Å². The molecule has 0 atom stereocenters. The van der Waals surface area contributed by atoms with Crippen LogP contribution in [-0.2, 0) is 14.8 Å². The lowest BCUT2D eigenvalue weighted by Crippen LogP contribution is -2.39. The largest absolute Gasteiger partial charge is 0.455 e. The molecule has 2 aromatic carbocycles. The highest BCUT2D eigenvalue weighted by Crippen LogP contribution is 2.31. The summed E-state index contributed by atoms with van der Waals surface area (Å²) in [4.78, 5) is 12.3. The van der Waals surface area contributed by atoms with Gasteiger partial charge in [0.25, 0.3) is 5.91 Å². The fourth-order valence-corrected chi connectivity index (χ4v) is 4.23. The molecule has 1 heterocycles. The number of carbonyl (C=O) groups excluding carboxylic acids is 1. The van der Waals surface area contributed by atoms with Gasteiger partial charge in [-0.15, -0.1) is 0 Å². The molecule has 0 saturated heterocycles. The van der Waals surface area contributed by atoms with Gasteiger partial charge in [0.05, 0.1) is 23.2 Å². The van der Waals surface area contributed by atoms with Crippen LogP contribution in [0.4, 0.5) is 5.69 Å². The standard InChI is InChI=1S/C21H19Cl2N3O4S/c1-14-5-3-4-6-19(14)26(31(2,28)29)13-21(27)25-24-12-16-8-10-20(30-16)17-9-7-15(22)11-18(17)23/h3-12H,13H2,1-2H3,(H,25,27)/b24-12-. The number of hydrogen-bond donors (Lipinski definition) is 1. The van der Waals surface area contributed by atoms with Crippen LogP contribution in [-0.4, -0.2) is 33.3 Å². The Morgan fingerprint density at radius 3 is 2.58 bits per heavy atom. The van der Waals surface area contributed by atoms with E-state index >= 15 is 0 Å². The lowest BCUT2D eigenvalue weighted by molar-refractivity contribution is -0.119. The van der Waals surface area contributed by atoms with Crippen molar-refractivity contribution in [2.24, 2.45) is 5.10 Å². The summed E-state index contributed by atoms with van der Waals surface area (Å²) in [6.07, 6.45) is 2.35. The number of hydrazone groups is 1. The lowest BCUT2D eigenvalue weighted by atomic mass is 10.2. The Morgan fingerprint density at radius 1 is 1.16 bits per heavy atom. The maximum absolute atomic E-state index is 12.3. The summed E-state index contributed by atoms with van der Waals surface area (Å²) in [7, 11) is -3.67. The number of nitrogens with one attached hydrogen (secondary N) is 1. The number of aryl methyl sites for hydroxylation is 1. The number of carbonyl (C=O) groups is 1. The maximum atomic E-state index is 12.3. The fraction of sp³-hybridized carbons (Fsp3) is 0.143. The molecule has 0 aliphatic rings. The van der Waals surface area contributed by atoms with E-state index in [1.165, 1.54) is 6.21 Å². The minimum atomic E-state index is -3.67. The van der Waals surface area contributed by atoms with Crippen molar-refractivity contribution in [2.75, 3.05) is 17.1 Å². The Kier molecular flexibility index (Phi) is 7.04. The SMILES string of the molecule is Cc1ccccc1N(CC(=O)N/N=C\c1ccc(-c2ccc(Cl)cc2Cl)o1)S(C)(=O)=O.